The molecule has 4 heteroatoms. The van der Waals surface area contributed by atoms with Crippen LogP contribution in [0.2, 0.25) is 0 Å². The zero-order chi connectivity index (χ0) is 13.9. The third kappa shape index (κ3) is 2.04. The van der Waals surface area contributed by atoms with Crippen molar-refractivity contribution in [3.8, 4) is 17.1 Å². The summed E-state index contributed by atoms with van der Waals surface area (Å²) in [5.41, 5.74) is 3.15. The number of imidazole rings is 1. The molecule has 1 aromatic carbocycles. The molecule has 0 radical (unpaired) electrons. The van der Waals surface area contributed by atoms with Gasteiger partial charge in [-0.05, 0) is 31.3 Å². The van der Waals surface area contributed by atoms with Crippen LogP contribution < -0.4 is 10.1 Å². The lowest BCUT2D eigenvalue weighted by atomic mass is 10.2. The number of hydrogen-bond acceptors (Lipinski definition) is 3. The van der Waals surface area contributed by atoms with Crippen LogP contribution in [0.3, 0.4) is 0 Å². The Morgan fingerprint density at radius 2 is 1.95 bits per heavy atom. The van der Waals surface area contributed by atoms with Crippen LogP contribution in [0.25, 0.3) is 16.9 Å². The number of hydrogen-bond donors (Lipinski definition) is 1. The Bertz CT molecular complexity index is 733. The molecule has 2 aromatic heterocycles. The lowest BCUT2D eigenvalue weighted by molar-refractivity contribution is 0.416. The molecular formula is C16H17N3O. The summed E-state index contributed by atoms with van der Waals surface area (Å²) in [6.07, 6.45) is 2.03. The second-order valence-corrected chi connectivity index (χ2v) is 4.57. The molecule has 102 valence electrons. The number of fused-ring (bicyclic) bond motifs is 1. The van der Waals surface area contributed by atoms with Crippen molar-refractivity contribution in [1.82, 2.24) is 14.7 Å². The molecule has 0 unspecified atom stereocenters. The van der Waals surface area contributed by atoms with Crippen LogP contribution in [0.1, 0.15) is 5.69 Å². The normalized spacial score (nSPS) is 10.9. The predicted octanol–water partition coefficient (Wildman–Crippen LogP) is 2.73. The summed E-state index contributed by atoms with van der Waals surface area (Å²) in [5.74, 6) is 1.74. The summed E-state index contributed by atoms with van der Waals surface area (Å²) < 4.78 is 7.55. The summed E-state index contributed by atoms with van der Waals surface area (Å²) in [4.78, 5) is 4.78. The first kappa shape index (κ1) is 12.7. The molecular weight excluding hydrogens is 250 g/mol. The Morgan fingerprint density at radius 1 is 1.15 bits per heavy atom. The standard InChI is InChI=1S/C16H17N3O/c1-17-11-13-14-8-5-6-10-19(14)16(18-13)12-7-3-4-9-15(12)20-2/h3-10,17H,11H2,1-2H3. The highest BCUT2D eigenvalue weighted by Gasteiger charge is 2.14. The molecule has 0 fully saturated rings. The molecule has 0 aliphatic rings. The predicted molar refractivity (Wildman–Crippen MR) is 79.9 cm³/mol. The number of rotatable bonds is 4. The summed E-state index contributed by atoms with van der Waals surface area (Å²) in [5, 5.41) is 3.16. The number of aromatic nitrogens is 2. The Labute approximate surface area is 118 Å². The van der Waals surface area contributed by atoms with Crippen molar-refractivity contribution < 1.29 is 4.74 Å². The molecule has 0 aliphatic heterocycles. The number of pyridine rings is 1. The van der Waals surface area contributed by atoms with Crippen LogP contribution in [0, 0.1) is 0 Å². The lowest BCUT2D eigenvalue weighted by Gasteiger charge is -2.06. The second-order valence-electron chi connectivity index (χ2n) is 4.57. The fraction of sp³-hybridized carbons (Fsp3) is 0.188. The maximum atomic E-state index is 5.45. The third-order valence-electron chi connectivity index (χ3n) is 3.32. The molecule has 0 aliphatic carbocycles. The summed E-state index contributed by atoms with van der Waals surface area (Å²) >= 11 is 0. The van der Waals surface area contributed by atoms with Crippen molar-refractivity contribution in [3.63, 3.8) is 0 Å². The molecule has 0 saturated heterocycles. The molecule has 0 saturated carbocycles. The minimum atomic E-state index is 0.739. The minimum absolute atomic E-state index is 0.739. The average Bonchev–Trinajstić information content (AvgIpc) is 2.87. The number of benzene rings is 1. The van der Waals surface area contributed by atoms with Gasteiger partial charge in [0, 0.05) is 12.7 Å². The molecule has 1 N–H and O–H groups in total. The van der Waals surface area contributed by atoms with E-state index in [0.29, 0.717) is 0 Å². The molecule has 0 amide bonds. The lowest BCUT2D eigenvalue weighted by Crippen LogP contribution is -2.05. The molecule has 3 aromatic rings. The van der Waals surface area contributed by atoms with Gasteiger partial charge in [0.25, 0.3) is 0 Å². The maximum Gasteiger partial charge on any atom is 0.148 e. The van der Waals surface area contributed by atoms with Gasteiger partial charge in [-0.15, -0.1) is 0 Å². The first-order chi connectivity index (χ1) is 9.85. The zero-order valence-corrected chi connectivity index (χ0v) is 11.6. The van der Waals surface area contributed by atoms with Gasteiger partial charge in [0.05, 0.1) is 23.9 Å². The molecule has 4 nitrogen and oxygen atoms in total. The Morgan fingerprint density at radius 3 is 2.75 bits per heavy atom. The van der Waals surface area contributed by atoms with Crippen LogP contribution in [-0.2, 0) is 6.54 Å². The average molecular weight is 267 g/mol. The highest BCUT2D eigenvalue weighted by molar-refractivity contribution is 5.70. The smallest absolute Gasteiger partial charge is 0.148 e. The zero-order valence-electron chi connectivity index (χ0n) is 11.6. The number of nitrogens with zero attached hydrogens (tertiary/aromatic N) is 2. The van der Waals surface area contributed by atoms with Gasteiger partial charge in [-0.1, -0.05) is 18.2 Å². The van der Waals surface area contributed by atoms with Gasteiger partial charge < -0.3 is 10.1 Å². The Balaban J connectivity index is 2.26. The van der Waals surface area contributed by atoms with Gasteiger partial charge in [0.15, 0.2) is 0 Å². The first-order valence-corrected chi connectivity index (χ1v) is 6.59. The number of ether oxygens (including phenoxy) is 1. The van der Waals surface area contributed by atoms with Crippen molar-refractivity contribution in [3.05, 3.63) is 54.4 Å². The van der Waals surface area contributed by atoms with Crippen LogP contribution in [-0.4, -0.2) is 23.5 Å². The summed E-state index contributed by atoms with van der Waals surface area (Å²) in [6.45, 7) is 0.739. The van der Waals surface area contributed by atoms with Gasteiger partial charge in [-0.2, -0.15) is 0 Å². The molecule has 20 heavy (non-hydrogen) atoms. The molecule has 3 rings (SSSR count). The van der Waals surface area contributed by atoms with E-state index < -0.39 is 0 Å². The van der Waals surface area contributed by atoms with E-state index in [1.807, 2.05) is 49.6 Å². The molecule has 0 spiro atoms. The summed E-state index contributed by atoms with van der Waals surface area (Å²) in [6, 6.07) is 14.1. The van der Waals surface area contributed by atoms with Crippen molar-refractivity contribution in [2.24, 2.45) is 0 Å². The Kier molecular flexibility index (Phi) is 3.39. The number of para-hydroxylation sites is 1. The SMILES string of the molecule is CNCc1nc(-c2ccccc2OC)n2ccccc12. The summed E-state index contributed by atoms with van der Waals surface area (Å²) in [7, 11) is 3.61. The first-order valence-electron chi connectivity index (χ1n) is 6.59. The van der Waals surface area contributed by atoms with Crippen LogP contribution in [0.4, 0.5) is 0 Å². The maximum absolute atomic E-state index is 5.45. The van der Waals surface area contributed by atoms with Crippen LogP contribution >= 0.6 is 0 Å². The molecule has 0 atom stereocenters. The van der Waals surface area contributed by atoms with E-state index in [4.69, 9.17) is 9.72 Å². The van der Waals surface area contributed by atoms with E-state index in [0.717, 1.165) is 34.9 Å². The fourth-order valence-corrected chi connectivity index (χ4v) is 2.42. The topological polar surface area (TPSA) is 38.6 Å². The van der Waals surface area contributed by atoms with Crippen LogP contribution in [0.15, 0.2) is 48.7 Å². The highest BCUT2D eigenvalue weighted by atomic mass is 16.5. The molecule has 0 bridgehead atoms. The van der Waals surface area contributed by atoms with E-state index in [9.17, 15) is 0 Å². The van der Waals surface area contributed by atoms with Gasteiger partial charge >= 0.3 is 0 Å². The van der Waals surface area contributed by atoms with Crippen molar-refractivity contribution >= 4 is 5.52 Å². The third-order valence-corrected chi connectivity index (χ3v) is 3.32. The van der Waals surface area contributed by atoms with Crippen molar-refractivity contribution in [1.29, 1.82) is 0 Å². The largest absolute Gasteiger partial charge is 0.496 e. The van der Waals surface area contributed by atoms with Crippen LogP contribution in [0.5, 0.6) is 5.75 Å². The van der Waals surface area contributed by atoms with E-state index in [-0.39, 0.29) is 0 Å². The van der Waals surface area contributed by atoms with Gasteiger partial charge in [0.2, 0.25) is 0 Å². The van der Waals surface area contributed by atoms with Crippen molar-refractivity contribution in [2.75, 3.05) is 14.2 Å². The molecule has 2 heterocycles. The van der Waals surface area contributed by atoms with E-state index in [1.165, 1.54) is 0 Å². The van der Waals surface area contributed by atoms with E-state index >= 15 is 0 Å². The van der Waals surface area contributed by atoms with Gasteiger partial charge in [-0.25, -0.2) is 4.98 Å². The Hall–Kier alpha value is -2.33. The quantitative estimate of drug-likeness (QED) is 0.790. The number of methoxy groups -OCH3 is 1. The number of nitrogens with one attached hydrogen (secondary N) is 1. The van der Waals surface area contributed by atoms with Crippen molar-refractivity contribution in [2.45, 2.75) is 6.54 Å². The fourth-order valence-electron chi connectivity index (χ4n) is 2.42. The van der Waals surface area contributed by atoms with E-state index in [2.05, 4.69) is 15.8 Å². The second kappa shape index (κ2) is 5.35. The minimum Gasteiger partial charge on any atom is -0.496 e. The van der Waals surface area contributed by atoms with Gasteiger partial charge in [0.1, 0.15) is 11.6 Å². The highest BCUT2D eigenvalue weighted by Crippen LogP contribution is 2.30. The monoisotopic (exact) mass is 267 g/mol. The van der Waals surface area contributed by atoms with E-state index in [1.54, 1.807) is 7.11 Å². The van der Waals surface area contributed by atoms with Gasteiger partial charge in [-0.3, -0.25) is 4.40 Å².